The lowest BCUT2D eigenvalue weighted by Gasteiger charge is -2.08. The van der Waals surface area contributed by atoms with E-state index in [-0.39, 0.29) is 5.91 Å². The number of carbonyl (C=O) groups is 1. The van der Waals surface area contributed by atoms with E-state index in [1.807, 2.05) is 48.5 Å². The van der Waals surface area contributed by atoms with Crippen molar-refractivity contribution in [2.45, 2.75) is 6.42 Å². The number of benzene rings is 2. The Labute approximate surface area is 133 Å². The summed E-state index contributed by atoms with van der Waals surface area (Å²) in [5.41, 5.74) is 3.67. The Hall–Kier alpha value is -3.21. The van der Waals surface area contributed by atoms with Crippen molar-refractivity contribution in [2.24, 2.45) is 0 Å². The first-order valence-electron chi connectivity index (χ1n) is 7.27. The molecule has 0 atom stereocenters. The maximum absolute atomic E-state index is 11.6. The largest absolute Gasteiger partial charge is 0.424 e. The number of amides is 1. The van der Waals surface area contributed by atoms with Crippen LogP contribution in [0.1, 0.15) is 5.56 Å². The minimum absolute atomic E-state index is 0.0115. The Morgan fingerprint density at radius 2 is 1.74 bits per heavy atom. The van der Waals surface area contributed by atoms with Crippen LogP contribution in [0.4, 0.5) is 5.69 Å². The molecule has 3 aromatic rings. The molecule has 0 aliphatic carbocycles. The zero-order chi connectivity index (χ0) is 15.6. The molecule has 4 rings (SSSR count). The van der Waals surface area contributed by atoms with E-state index < -0.39 is 0 Å². The molecule has 1 amide bonds. The molecule has 112 valence electrons. The van der Waals surface area contributed by atoms with Crippen LogP contribution in [-0.4, -0.2) is 15.9 Å². The maximum Gasteiger partial charge on any atom is 0.321 e. The average Bonchev–Trinajstić information content (AvgIpc) is 2.97. The number of fused-ring (bicyclic) bond motifs is 1. The van der Waals surface area contributed by atoms with Gasteiger partial charge in [0.15, 0.2) is 0 Å². The van der Waals surface area contributed by atoms with Gasteiger partial charge >= 0.3 is 6.01 Å². The van der Waals surface area contributed by atoms with Gasteiger partial charge in [-0.05, 0) is 29.3 Å². The van der Waals surface area contributed by atoms with E-state index in [9.17, 15) is 4.79 Å². The number of aromatic nitrogens is 2. The molecule has 1 aliphatic rings. The summed E-state index contributed by atoms with van der Waals surface area (Å²) in [4.78, 5) is 20.1. The first-order chi connectivity index (χ1) is 11.3. The van der Waals surface area contributed by atoms with Crippen molar-refractivity contribution in [3.63, 3.8) is 0 Å². The van der Waals surface area contributed by atoms with E-state index in [0.29, 0.717) is 18.2 Å². The minimum Gasteiger partial charge on any atom is -0.424 e. The molecule has 0 fully saturated rings. The number of hydrogen-bond acceptors (Lipinski definition) is 4. The third-order valence-corrected chi connectivity index (χ3v) is 3.68. The lowest BCUT2D eigenvalue weighted by molar-refractivity contribution is -0.115. The van der Waals surface area contributed by atoms with Crippen molar-refractivity contribution in [3.8, 4) is 22.9 Å². The molecule has 0 unspecified atom stereocenters. The van der Waals surface area contributed by atoms with Gasteiger partial charge in [-0.1, -0.05) is 30.3 Å². The van der Waals surface area contributed by atoms with E-state index in [1.165, 1.54) is 0 Å². The topological polar surface area (TPSA) is 64.1 Å². The number of nitrogens with one attached hydrogen (secondary N) is 1. The highest BCUT2D eigenvalue weighted by atomic mass is 16.5. The molecule has 2 aromatic carbocycles. The molecule has 0 saturated heterocycles. The summed E-state index contributed by atoms with van der Waals surface area (Å²) in [6.07, 6.45) is 3.81. The third-order valence-electron chi connectivity index (χ3n) is 3.68. The van der Waals surface area contributed by atoms with Crippen LogP contribution < -0.4 is 10.1 Å². The first-order valence-corrected chi connectivity index (χ1v) is 7.27. The average molecular weight is 303 g/mol. The molecular formula is C18H13N3O2. The zero-order valence-corrected chi connectivity index (χ0v) is 12.2. The first kappa shape index (κ1) is 13.5. The maximum atomic E-state index is 11.6. The summed E-state index contributed by atoms with van der Waals surface area (Å²) in [6, 6.07) is 15.5. The van der Waals surface area contributed by atoms with Crippen molar-refractivity contribution < 1.29 is 9.53 Å². The fourth-order valence-corrected chi connectivity index (χ4v) is 2.62. The van der Waals surface area contributed by atoms with Crippen molar-refractivity contribution in [1.82, 2.24) is 9.97 Å². The Morgan fingerprint density at radius 1 is 0.957 bits per heavy atom. The van der Waals surface area contributed by atoms with E-state index in [1.54, 1.807) is 12.4 Å². The van der Waals surface area contributed by atoms with Crippen LogP contribution in [0.15, 0.2) is 60.9 Å². The van der Waals surface area contributed by atoms with Gasteiger partial charge in [0.05, 0.1) is 6.42 Å². The predicted molar refractivity (Wildman–Crippen MR) is 86.3 cm³/mol. The van der Waals surface area contributed by atoms with Crippen LogP contribution >= 0.6 is 0 Å². The van der Waals surface area contributed by atoms with Crippen LogP contribution in [0, 0.1) is 0 Å². The minimum atomic E-state index is 0.0115. The Kier molecular flexibility index (Phi) is 3.24. The number of carbonyl (C=O) groups excluding carboxylic acids is 1. The monoisotopic (exact) mass is 303 g/mol. The molecule has 0 spiro atoms. The molecule has 1 aliphatic heterocycles. The normalized spacial score (nSPS) is 12.6. The Bertz CT molecular complexity index is 861. The highest BCUT2D eigenvalue weighted by Gasteiger charge is 2.21. The highest BCUT2D eigenvalue weighted by molar-refractivity contribution is 6.01. The highest BCUT2D eigenvalue weighted by Crippen LogP contribution is 2.33. The van der Waals surface area contributed by atoms with E-state index >= 15 is 0 Å². The summed E-state index contributed by atoms with van der Waals surface area (Å²) >= 11 is 0. The van der Waals surface area contributed by atoms with Gasteiger partial charge in [0.25, 0.3) is 0 Å². The van der Waals surface area contributed by atoms with Gasteiger partial charge < -0.3 is 10.1 Å². The fourth-order valence-electron chi connectivity index (χ4n) is 2.62. The summed E-state index contributed by atoms with van der Waals surface area (Å²) in [5.74, 6) is 0.702. The van der Waals surface area contributed by atoms with Gasteiger partial charge in [0.1, 0.15) is 5.75 Å². The Balaban J connectivity index is 1.62. The molecule has 1 aromatic heterocycles. The second-order valence-corrected chi connectivity index (χ2v) is 5.23. The summed E-state index contributed by atoms with van der Waals surface area (Å²) in [5, 5.41) is 2.85. The van der Waals surface area contributed by atoms with E-state index in [2.05, 4.69) is 15.3 Å². The molecule has 2 heterocycles. The third kappa shape index (κ3) is 2.64. The molecule has 23 heavy (non-hydrogen) atoms. The smallest absolute Gasteiger partial charge is 0.321 e. The quantitative estimate of drug-likeness (QED) is 0.805. The predicted octanol–water partition coefficient (Wildman–Crippen LogP) is 3.43. The number of nitrogens with zero attached hydrogens (tertiary/aromatic N) is 2. The van der Waals surface area contributed by atoms with Crippen LogP contribution in [-0.2, 0) is 11.2 Å². The van der Waals surface area contributed by atoms with Crippen molar-refractivity contribution in [2.75, 3.05) is 5.32 Å². The standard InChI is InChI=1S/C18H13N3O2/c22-17-9-15-14(7-4-8-16(15)21-17)12-10-19-18(20-11-12)23-13-5-2-1-3-6-13/h1-8,10-11H,9H2,(H,21,22). The lowest BCUT2D eigenvalue weighted by atomic mass is 10.0. The molecule has 0 bridgehead atoms. The van der Waals surface area contributed by atoms with Gasteiger partial charge in [0, 0.05) is 23.6 Å². The molecule has 0 radical (unpaired) electrons. The van der Waals surface area contributed by atoms with Crippen LogP contribution in [0.2, 0.25) is 0 Å². The fraction of sp³-hybridized carbons (Fsp3) is 0.0556. The van der Waals surface area contributed by atoms with E-state index in [4.69, 9.17) is 4.74 Å². The van der Waals surface area contributed by atoms with Crippen LogP contribution in [0.25, 0.3) is 11.1 Å². The summed E-state index contributed by atoms with van der Waals surface area (Å²) in [7, 11) is 0. The number of ether oxygens (including phenoxy) is 1. The number of rotatable bonds is 3. The van der Waals surface area contributed by atoms with Crippen molar-refractivity contribution >= 4 is 11.6 Å². The van der Waals surface area contributed by atoms with Crippen LogP contribution in [0.5, 0.6) is 11.8 Å². The van der Waals surface area contributed by atoms with Crippen molar-refractivity contribution in [1.29, 1.82) is 0 Å². The van der Waals surface area contributed by atoms with Gasteiger partial charge in [-0.2, -0.15) is 0 Å². The van der Waals surface area contributed by atoms with E-state index in [0.717, 1.165) is 22.4 Å². The SMILES string of the molecule is O=C1Cc2c(cccc2-c2cnc(Oc3ccccc3)nc2)N1. The summed E-state index contributed by atoms with van der Waals surface area (Å²) < 4.78 is 5.59. The lowest BCUT2D eigenvalue weighted by Crippen LogP contribution is -2.03. The Morgan fingerprint density at radius 3 is 2.52 bits per heavy atom. The molecule has 5 heteroatoms. The second kappa shape index (κ2) is 5.53. The molecule has 5 nitrogen and oxygen atoms in total. The number of anilines is 1. The van der Waals surface area contributed by atoms with Gasteiger partial charge in [-0.15, -0.1) is 0 Å². The van der Waals surface area contributed by atoms with Crippen LogP contribution in [0.3, 0.4) is 0 Å². The van der Waals surface area contributed by atoms with Crippen molar-refractivity contribution in [3.05, 3.63) is 66.5 Å². The molecular weight excluding hydrogens is 290 g/mol. The number of hydrogen-bond donors (Lipinski definition) is 1. The summed E-state index contributed by atoms with van der Waals surface area (Å²) in [6.45, 7) is 0. The van der Waals surface area contributed by atoms with Gasteiger partial charge in [-0.3, -0.25) is 4.79 Å². The van der Waals surface area contributed by atoms with Gasteiger partial charge in [0.2, 0.25) is 5.91 Å². The molecule has 1 N–H and O–H groups in total. The van der Waals surface area contributed by atoms with Gasteiger partial charge in [-0.25, -0.2) is 9.97 Å². The molecule has 0 saturated carbocycles. The number of para-hydroxylation sites is 1. The second-order valence-electron chi connectivity index (χ2n) is 5.23. The zero-order valence-electron chi connectivity index (χ0n) is 12.2.